The van der Waals surface area contributed by atoms with Crippen molar-refractivity contribution in [2.45, 2.75) is 95.9 Å². The van der Waals surface area contributed by atoms with Crippen LogP contribution in [0.15, 0.2) is 0 Å². The highest BCUT2D eigenvalue weighted by molar-refractivity contribution is 7.47. The lowest BCUT2D eigenvalue weighted by atomic mass is 9.84. The molecule has 1 fully saturated rings. The molecule has 1 aliphatic rings. The molecule has 0 amide bonds. The Bertz CT molecular complexity index is 1290. The van der Waals surface area contributed by atoms with E-state index in [0.717, 1.165) is 20.8 Å². The van der Waals surface area contributed by atoms with Gasteiger partial charge in [0.15, 0.2) is 18.3 Å². The Balaban J connectivity index is 3.84. The molecule has 0 heterocycles. The van der Waals surface area contributed by atoms with Crippen molar-refractivity contribution in [2.24, 2.45) is 0 Å². The summed E-state index contributed by atoms with van der Waals surface area (Å²) in [7, 11) is -17.6. The van der Waals surface area contributed by atoms with Crippen LogP contribution < -0.4 is 0 Å². The zero-order valence-corrected chi connectivity index (χ0v) is 29.9. The van der Waals surface area contributed by atoms with Gasteiger partial charge in [-0.2, -0.15) is 0 Å². The SMILES string of the molecule is CC(=O)OCCCC(=O)O[C@@H]1[C@@H](OC(=O)CCCOC(C)=O)[C@H](OP(=O)(O)O)[C@@H](OP(=O)(O)O)[C@@H](OP(=O)(O)O)[C@H]1OC(=O)CCCOC(C)=O. The molecule has 0 saturated heterocycles. The highest BCUT2D eigenvalue weighted by Crippen LogP contribution is 2.51. The molecule has 51 heavy (non-hydrogen) atoms. The van der Waals surface area contributed by atoms with Gasteiger partial charge >= 0.3 is 59.3 Å². The Morgan fingerprint density at radius 1 is 0.431 bits per heavy atom. The minimum atomic E-state index is -5.89. The predicted octanol–water partition coefficient (Wildman–Crippen LogP) is -0.801. The van der Waals surface area contributed by atoms with E-state index in [2.05, 4.69) is 13.6 Å². The molecule has 27 heteroatoms. The van der Waals surface area contributed by atoms with Crippen LogP contribution in [0, 0.1) is 0 Å². The molecule has 0 unspecified atom stereocenters. The third-order valence-corrected chi connectivity index (χ3v) is 7.57. The molecule has 0 aromatic heterocycles. The molecule has 0 aliphatic heterocycles. The lowest BCUT2D eigenvalue weighted by molar-refractivity contribution is -0.241. The van der Waals surface area contributed by atoms with Crippen LogP contribution in [-0.4, -0.2) is 122 Å². The number of phosphoric ester groups is 3. The van der Waals surface area contributed by atoms with Crippen molar-refractivity contribution in [3.05, 3.63) is 0 Å². The second-order valence-electron chi connectivity index (χ2n) is 10.4. The minimum absolute atomic E-state index is 0.221. The van der Waals surface area contributed by atoms with E-state index in [9.17, 15) is 71.8 Å². The molecule has 6 atom stereocenters. The van der Waals surface area contributed by atoms with Gasteiger partial charge in [-0.1, -0.05) is 0 Å². The van der Waals surface area contributed by atoms with Crippen molar-refractivity contribution < 1.29 is 114 Å². The summed E-state index contributed by atoms with van der Waals surface area (Å²) >= 11 is 0. The molecular formula is C24H39O24P3. The summed E-state index contributed by atoms with van der Waals surface area (Å²) < 4.78 is 80.0. The van der Waals surface area contributed by atoms with Gasteiger partial charge in [-0.3, -0.25) is 42.3 Å². The predicted molar refractivity (Wildman–Crippen MR) is 158 cm³/mol. The molecule has 0 bridgehead atoms. The fourth-order valence-corrected chi connectivity index (χ4v) is 5.96. The molecule has 0 aromatic carbocycles. The van der Waals surface area contributed by atoms with Gasteiger partial charge in [0, 0.05) is 40.0 Å². The van der Waals surface area contributed by atoms with Crippen molar-refractivity contribution >= 4 is 59.3 Å². The van der Waals surface area contributed by atoms with Crippen molar-refractivity contribution in [2.75, 3.05) is 19.8 Å². The molecular weight excluding hydrogens is 765 g/mol. The fraction of sp³-hybridized carbons (Fsp3) is 0.750. The molecule has 1 saturated carbocycles. The van der Waals surface area contributed by atoms with E-state index in [4.69, 9.17) is 28.4 Å². The van der Waals surface area contributed by atoms with Crippen LogP contribution in [-0.2, 0) is 84.5 Å². The highest BCUT2D eigenvalue weighted by atomic mass is 31.2. The molecule has 24 nitrogen and oxygen atoms in total. The van der Waals surface area contributed by atoms with Crippen LogP contribution in [0.2, 0.25) is 0 Å². The topological polar surface area (TPSA) is 358 Å². The van der Waals surface area contributed by atoms with E-state index < -0.39 is 115 Å². The third kappa shape index (κ3) is 20.1. The van der Waals surface area contributed by atoms with Gasteiger partial charge in [-0.15, -0.1) is 0 Å². The summed E-state index contributed by atoms with van der Waals surface area (Å²) in [5.41, 5.74) is 0. The van der Waals surface area contributed by atoms with Crippen LogP contribution in [0.1, 0.15) is 59.3 Å². The third-order valence-electron chi connectivity index (χ3n) is 6.01. The smallest absolute Gasteiger partial charge is 0.466 e. The summed E-state index contributed by atoms with van der Waals surface area (Å²) in [5, 5.41) is 0. The molecule has 0 aromatic rings. The molecule has 0 spiro atoms. The summed E-state index contributed by atoms with van der Waals surface area (Å²) in [4.78, 5) is 130. The van der Waals surface area contributed by atoms with Gasteiger partial charge in [-0.05, 0) is 19.3 Å². The Morgan fingerprint density at radius 2 is 0.647 bits per heavy atom. The Morgan fingerprint density at radius 3 is 0.863 bits per heavy atom. The molecule has 1 aliphatic carbocycles. The molecule has 0 radical (unpaired) electrons. The quantitative estimate of drug-likeness (QED) is 0.0358. The van der Waals surface area contributed by atoms with Gasteiger partial charge < -0.3 is 57.8 Å². The first-order chi connectivity index (χ1) is 23.4. The van der Waals surface area contributed by atoms with Crippen molar-refractivity contribution in [3.63, 3.8) is 0 Å². The maximum Gasteiger partial charge on any atom is 0.470 e. The van der Waals surface area contributed by atoms with Gasteiger partial charge in [0.25, 0.3) is 0 Å². The highest BCUT2D eigenvalue weighted by Gasteiger charge is 2.62. The fourth-order valence-electron chi connectivity index (χ4n) is 4.29. The number of hydrogen-bond acceptors (Lipinski definition) is 18. The minimum Gasteiger partial charge on any atom is -0.466 e. The molecule has 6 N–H and O–H groups in total. The number of carbonyl (C=O) groups excluding carboxylic acids is 6. The first-order valence-corrected chi connectivity index (χ1v) is 19.2. The van der Waals surface area contributed by atoms with Crippen LogP contribution in [0.3, 0.4) is 0 Å². The monoisotopic (exact) mass is 804 g/mol. The second-order valence-corrected chi connectivity index (χ2v) is 14.0. The van der Waals surface area contributed by atoms with Gasteiger partial charge in [-0.25, -0.2) is 13.7 Å². The van der Waals surface area contributed by atoms with Gasteiger partial charge in [0.1, 0.15) is 18.3 Å². The van der Waals surface area contributed by atoms with E-state index in [-0.39, 0.29) is 39.1 Å². The first kappa shape index (κ1) is 46.2. The number of carbonyl (C=O) groups is 6. The number of ether oxygens (including phenoxy) is 6. The van der Waals surface area contributed by atoms with Crippen LogP contribution in [0.5, 0.6) is 0 Å². The first-order valence-electron chi connectivity index (χ1n) is 14.6. The average molecular weight is 804 g/mol. The standard InChI is InChI=1S/C24H39O24P3/c1-13(25)40-10-4-7-16(28)43-19-20(44-17(29)8-5-11-41-14(2)26)22(46-49(31,32)33)24(48-51(37,38)39)23(47-50(34,35)36)21(19)45-18(30)9-6-12-42-15(3)27/h19-24H,4-12H2,1-3H3,(H2,31,32,33)(H2,34,35,36)(H2,37,38,39)/t19-,20-,21+,22-,23-,24-/m0/s1. The average Bonchev–Trinajstić information content (AvgIpc) is 2.95. The summed E-state index contributed by atoms with van der Waals surface area (Å²) in [5.74, 6) is -6.10. The van der Waals surface area contributed by atoms with E-state index in [1.807, 2.05) is 0 Å². The van der Waals surface area contributed by atoms with E-state index in [1.165, 1.54) is 0 Å². The summed E-state index contributed by atoms with van der Waals surface area (Å²) in [6.45, 7) is 2.18. The van der Waals surface area contributed by atoms with Gasteiger partial charge in [0.05, 0.1) is 19.8 Å². The van der Waals surface area contributed by atoms with Crippen molar-refractivity contribution in [3.8, 4) is 0 Å². The Kier molecular flexibility index (Phi) is 19.0. The maximum atomic E-state index is 13.0. The number of rotatable bonds is 21. The molecule has 294 valence electrons. The van der Waals surface area contributed by atoms with Crippen LogP contribution in [0.25, 0.3) is 0 Å². The zero-order valence-electron chi connectivity index (χ0n) is 27.2. The Labute approximate surface area is 289 Å². The van der Waals surface area contributed by atoms with E-state index in [0.29, 0.717) is 0 Å². The van der Waals surface area contributed by atoms with Crippen molar-refractivity contribution in [1.29, 1.82) is 0 Å². The number of phosphoric acid groups is 3. The van der Waals surface area contributed by atoms with Crippen LogP contribution >= 0.6 is 23.5 Å². The zero-order chi connectivity index (χ0) is 39.2. The van der Waals surface area contributed by atoms with Crippen LogP contribution in [0.4, 0.5) is 0 Å². The lowest BCUT2D eigenvalue weighted by Crippen LogP contribution is -2.67. The van der Waals surface area contributed by atoms with Gasteiger partial charge in [0.2, 0.25) is 0 Å². The molecule has 1 rings (SSSR count). The van der Waals surface area contributed by atoms with E-state index >= 15 is 0 Å². The van der Waals surface area contributed by atoms with Crippen molar-refractivity contribution in [1.82, 2.24) is 0 Å². The second kappa shape index (κ2) is 21.0. The number of esters is 6. The summed E-state index contributed by atoms with van der Waals surface area (Å²) in [6, 6.07) is 0. The summed E-state index contributed by atoms with van der Waals surface area (Å²) in [6.07, 6.45) is -18.1. The largest absolute Gasteiger partial charge is 0.470 e. The lowest BCUT2D eigenvalue weighted by Gasteiger charge is -2.47. The van der Waals surface area contributed by atoms with E-state index in [1.54, 1.807) is 0 Å². The number of hydrogen-bond donors (Lipinski definition) is 6. The normalized spacial score (nSPS) is 22.3. The maximum absolute atomic E-state index is 13.0. The Hall–Kier alpha value is -2.85.